The molecule has 180 valence electrons. The molecule has 2 unspecified atom stereocenters. The number of nitrogens with zero attached hydrogens (tertiary/aromatic N) is 3. The summed E-state index contributed by atoms with van der Waals surface area (Å²) in [6.07, 6.45) is 3.12. The molecular weight excluding hydrogens is 531 g/mol. The van der Waals surface area contributed by atoms with Crippen LogP contribution in [0.1, 0.15) is 35.3 Å². The summed E-state index contributed by atoms with van der Waals surface area (Å²) in [6, 6.07) is 11.8. The molecule has 1 amide bonds. The highest BCUT2D eigenvalue weighted by Gasteiger charge is 2.22. The number of aliphatic imine (C=N–C) groups is 1. The van der Waals surface area contributed by atoms with E-state index in [-0.39, 0.29) is 42.1 Å². The molecule has 3 N–H and O–H groups in total. The van der Waals surface area contributed by atoms with E-state index in [0.717, 1.165) is 42.4 Å². The van der Waals surface area contributed by atoms with Gasteiger partial charge in [-0.3, -0.25) is 9.79 Å². The molecule has 1 aromatic heterocycles. The number of rotatable bonds is 7. The number of halogens is 1. The van der Waals surface area contributed by atoms with Crippen molar-refractivity contribution in [3.05, 3.63) is 59.3 Å². The van der Waals surface area contributed by atoms with Gasteiger partial charge in [0.1, 0.15) is 5.82 Å². The summed E-state index contributed by atoms with van der Waals surface area (Å²) in [5, 5.41) is 9.30. The second kappa shape index (κ2) is 13.3. The van der Waals surface area contributed by atoms with Gasteiger partial charge in [-0.15, -0.1) is 24.0 Å². The lowest BCUT2D eigenvalue weighted by atomic mass is 10.1. The van der Waals surface area contributed by atoms with E-state index >= 15 is 0 Å². The molecule has 1 aliphatic rings. The SMILES string of the molecule is CN=C(NCCc1cccc(C(=O)NC)c1)NCc1ccc(N2CC(C)OC(C)C2)nc1.I. The van der Waals surface area contributed by atoms with Crippen LogP contribution < -0.4 is 20.9 Å². The topological polar surface area (TPSA) is 90.9 Å². The zero-order chi connectivity index (χ0) is 22.9. The normalized spacial score (nSPS) is 18.3. The van der Waals surface area contributed by atoms with Crippen molar-refractivity contribution < 1.29 is 9.53 Å². The van der Waals surface area contributed by atoms with E-state index < -0.39 is 0 Å². The lowest BCUT2D eigenvalue weighted by Crippen LogP contribution is -2.45. The number of ether oxygens (including phenoxy) is 1. The Balaban J connectivity index is 0.00000385. The highest BCUT2D eigenvalue weighted by atomic mass is 127. The maximum absolute atomic E-state index is 11.8. The van der Waals surface area contributed by atoms with E-state index in [0.29, 0.717) is 18.7 Å². The van der Waals surface area contributed by atoms with Crippen molar-refractivity contribution in [1.82, 2.24) is 20.9 Å². The molecule has 1 fully saturated rings. The van der Waals surface area contributed by atoms with Gasteiger partial charge in [-0.2, -0.15) is 0 Å². The van der Waals surface area contributed by atoms with Crippen molar-refractivity contribution in [3.63, 3.8) is 0 Å². The van der Waals surface area contributed by atoms with Gasteiger partial charge >= 0.3 is 0 Å². The summed E-state index contributed by atoms with van der Waals surface area (Å²) in [5.41, 5.74) is 2.86. The summed E-state index contributed by atoms with van der Waals surface area (Å²) in [4.78, 5) is 23.0. The predicted octanol–water partition coefficient (Wildman–Crippen LogP) is 2.58. The number of nitrogens with one attached hydrogen (secondary N) is 3. The number of carbonyl (C=O) groups excluding carboxylic acids is 1. The Morgan fingerprint density at radius 3 is 2.55 bits per heavy atom. The second-order valence-corrected chi connectivity index (χ2v) is 8.07. The molecule has 0 saturated carbocycles. The van der Waals surface area contributed by atoms with E-state index in [9.17, 15) is 4.79 Å². The molecular formula is C24H35IN6O2. The first-order chi connectivity index (χ1) is 15.5. The molecule has 2 heterocycles. The van der Waals surface area contributed by atoms with Crippen LogP contribution in [0.2, 0.25) is 0 Å². The molecule has 1 aliphatic heterocycles. The summed E-state index contributed by atoms with van der Waals surface area (Å²) < 4.78 is 5.80. The predicted molar refractivity (Wildman–Crippen MR) is 144 cm³/mol. The quantitative estimate of drug-likeness (QED) is 0.271. The fraction of sp³-hybridized carbons (Fsp3) is 0.458. The van der Waals surface area contributed by atoms with Gasteiger partial charge in [-0.1, -0.05) is 18.2 Å². The van der Waals surface area contributed by atoms with Crippen LogP contribution in [-0.2, 0) is 17.7 Å². The Morgan fingerprint density at radius 1 is 1.15 bits per heavy atom. The van der Waals surface area contributed by atoms with Crippen LogP contribution >= 0.6 is 24.0 Å². The molecule has 8 nitrogen and oxygen atoms in total. The first-order valence-electron chi connectivity index (χ1n) is 11.1. The second-order valence-electron chi connectivity index (χ2n) is 8.07. The molecule has 9 heteroatoms. The van der Waals surface area contributed by atoms with Gasteiger partial charge in [0.05, 0.1) is 12.2 Å². The van der Waals surface area contributed by atoms with Gasteiger partial charge in [0.2, 0.25) is 0 Å². The fourth-order valence-corrected chi connectivity index (χ4v) is 3.82. The average molecular weight is 566 g/mol. The lowest BCUT2D eigenvalue weighted by Gasteiger charge is -2.36. The van der Waals surface area contributed by atoms with Crippen molar-refractivity contribution in [3.8, 4) is 0 Å². The standard InChI is InChI=1S/C24H34N6O2.HI/c1-17-15-30(16-18(2)32-17)22-9-8-20(13-28-22)14-29-24(26-4)27-11-10-19-6-5-7-21(12-19)23(31)25-3;/h5-9,12-13,17-18H,10-11,14-16H2,1-4H3,(H,25,31)(H2,26,27,29);1H. The minimum atomic E-state index is -0.0745. The van der Waals surface area contributed by atoms with Crippen LogP contribution in [-0.4, -0.2) is 62.8 Å². The number of anilines is 1. The van der Waals surface area contributed by atoms with Crippen LogP contribution in [0.4, 0.5) is 5.82 Å². The maximum Gasteiger partial charge on any atom is 0.251 e. The highest BCUT2D eigenvalue weighted by Crippen LogP contribution is 2.18. The molecule has 0 spiro atoms. The van der Waals surface area contributed by atoms with Gasteiger partial charge in [0.25, 0.3) is 5.91 Å². The zero-order valence-corrected chi connectivity index (χ0v) is 22.1. The third-order valence-electron chi connectivity index (χ3n) is 5.36. The lowest BCUT2D eigenvalue weighted by molar-refractivity contribution is -0.00546. The Morgan fingerprint density at radius 2 is 1.91 bits per heavy atom. The Kier molecular flexibility index (Phi) is 10.9. The number of morpholine rings is 1. The molecule has 2 aromatic rings. The largest absolute Gasteiger partial charge is 0.372 e. The molecule has 0 radical (unpaired) electrons. The van der Waals surface area contributed by atoms with Crippen molar-refractivity contribution in [2.75, 3.05) is 38.6 Å². The van der Waals surface area contributed by atoms with Gasteiger partial charge in [0.15, 0.2) is 5.96 Å². The van der Waals surface area contributed by atoms with E-state index in [1.165, 1.54) is 0 Å². The van der Waals surface area contributed by atoms with Crippen LogP contribution in [0.15, 0.2) is 47.6 Å². The molecule has 3 rings (SSSR count). The highest BCUT2D eigenvalue weighted by molar-refractivity contribution is 14.0. The van der Waals surface area contributed by atoms with E-state index in [1.807, 2.05) is 30.5 Å². The van der Waals surface area contributed by atoms with Crippen molar-refractivity contribution >= 4 is 41.7 Å². The van der Waals surface area contributed by atoms with Crippen molar-refractivity contribution in [1.29, 1.82) is 0 Å². The number of pyridine rings is 1. The van der Waals surface area contributed by atoms with Gasteiger partial charge in [-0.05, 0) is 49.6 Å². The van der Waals surface area contributed by atoms with Crippen molar-refractivity contribution in [2.45, 2.75) is 39.0 Å². The number of guanidine groups is 1. The molecule has 0 bridgehead atoms. The van der Waals surface area contributed by atoms with Crippen LogP contribution in [0, 0.1) is 0 Å². The van der Waals surface area contributed by atoms with E-state index in [1.54, 1.807) is 14.1 Å². The fourth-order valence-electron chi connectivity index (χ4n) is 3.82. The average Bonchev–Trinajstić information content (AvgIpc) is 2.80. The third kappa shape index (κ3) is 8.15. The maximum atomic E-state index is 11.8. The summed E-state index contributed by atoms with van der Waals surface area (Å²) in [6.45, 7) is 7.25. The van der Waals surface area contributed by atoms with Gasteiger partial charge in [0, 0.05) is 52.0 Å². The van der Waals surface area contributed by atoms with Crippen molar-refractivity contribution in [2.24, 2.45) is 4.99 Å². The minimum absolute atomic E-state index is 0. The van der Waals surface area contributed by atoms with E-state index in [2.05, 4.69) is 56.8 Å². The van der Waals surface area contributed by atoms with Crippen LogP contribution in [0.25, 0.3) is 0 Å². The van der Waals surface area contributed by atoms with Crippen LogP contribution in [0.3, 0.4) is 0 Å². The first kappa shape index (κ1) is 26.8. The summed E-state index contributed by atoms with van der Waals surface area (Å²) in [5.74, 6) is 1.64. The number of carbonyl (C=O) groups is 1. The summed E-state index contributed by atoms with van der Waals surface area (Å²) >= 11 is 0. The Hall–Kier alpha value is -2.40. The monoisotopic (exact) mass is 566 g/mol. The zero-order valence-electron chi connectivity index (χ0n) is 19.8. The van der Waals surface area contributed by atoms with Gasteiger partial charge in [-0.25, -0.2) is 4.98 Å². The molecule has 1 aromatic carbocycles. The van der Waals surface area contributed by atoms with E-state index in [4.69, 9.17) is 4.74 Å². The molecule has 33 heavy (non-hydrogen) atoms. The van der Waals surface area contributed by atoms with Gasteiger partial charge < -0.3 is 25.6 Å². The molecule has 0 aliphatic carbocycles. The number of hydrogen-bond acceptors (Lipinski definition) is 5. The molecule has 2 atom stereocenters. The Bertz CT molecular complexity index is 911. The number of benzene rings is 1. The summed E-state index contributed by atoms with van der Waals surface area (Å²) in [7, 11) is 3.39. The first-order valence-corrected chi connectivity index (χ1v) is 11.1. The Labute approximate surface area is 213 Å². The minimum Gasteiger partial charge on any atom is -0.372 e. The number of hydrogen-bond donors (Lipinski definition) is 3. The number of aromatic nitrogens is 1. The smallest absolute Gasteiger partial charge is 0.251 e. The number of amides is 1. The third-order valence-corrected chi connectivity index (χ3v) is 5.36. The van der Waals surface area contributed by atoms with Crippen LogP contribution in [0.5, 0.6) is 0 Å². The molecule has 1 saturated heterocycles.